The van der Waals surface area contributed by atoms with E-state index in [1.807, 2.05) is 61.5 Å². The molecule has 3 N–H and O–H groups in total. The van der Waals surface area contributed by atoms with Crippen molar-refractivity contribution in [2.24, 2.45) is 0 Å². The Kier molecular flexibility index (Phi) is 5.10. The summed E-state index contributed by atoms with van der Waals surface area (Å²) in [5.74, 6) is 0.161. The first-order chi connectivity index (χ1) is 14.5. The van der Waals surface area contributed by atoms with Gasteiger partial charge in [0.25, 0.3) is 5.91 Å². The maximum atomic E-state index is 13.4. The number of para-hydroxylation sites is 1. The molecule has 0 bridgehead atoms. The number of nitrogen functional groups attached to an aromatic ring is 1. The number of hydrogen-bond acceptors (Lipinski definition) is 5. The van der Waals surface area contributed by atoms with Crippen molar-refractivity contribution >= 4 is 29.1 Å². The van der Waals surface area contributed by atoms with Gasteiger partial charge in [0, 0.05) is 11.3 Å². The van der Waals surface area contributed by atoms with Crippen LogP contribution in [0.25, 0.3) is 0 Å². The number of pyridine rings is 1. The van der Waals surface area contributed by atoms with E-state index < -0.39 is 12.1 Å². The van der Waals surface area contributed by atoms with E-state index in [2.05, 4.69) is 10.3 Å². The highest BCUT2D eigenvalue weighted by Crippen LogP contribution is 2.39. The van der Waals surface area contributed by atoms with E-state index in [-0.39, 0.29) is 23.5 Å². The number of hydrogen-bond donors (Lipinski definition) is 2. The van der Waals surface area contributed by atoms with Crippen molar-refractivity contribution in [1.82, 2.24) is 4.98 Å². The van der Waals surface area contributed by atoms with E-state index in [1.165, 1.54) is 4.90 Å². The van der Waals surface area contributed by atoms with E-state index in [9.17, 15) is 9.59 Å². The van der Waals surface area contributed by atoms with Gasteiger partial charge in [-0.05, 0) is 37.6 Å². The van der Waals surface area contributed by atoms with Gasteiger partial charge in [-0.25, -0.2) is 4.98 Å². The number of carbonyl (C=O) groups is 2. The molecule has 3 aromatic rings. The maximum absolute atomic E-state index is 13.4. The molecule has 1 aliphatic rings. The molecule has 2 heterocycles. The van der Waals surface area contributed by atoms with Crippen LogP contribution in [0, 0.1) is 6.92 Å². The Morgan fingerprint density at radius 3 is 2.53 bits per heavy atom. The second-order valence-corrected chi connectivity index (χ2v) is 7.15. The summed E-state index contributed by atoms with van der Waals surface area (Å²) in [4.78, 5) is 32.1. The zero-order valence-corrected chi connectivity index (χ0v) is 16.7. The fraction of sp³-hybridized carbons (Fsp3) is 0.174. The topological polar surface area (TPSA) is 97.5 Å². The molecule has 1 aliphatic heterocycles. The largest absolute Gasteiger partial charge is 0.472 e. The summed E-state index contributed by atoms with van der Waals surface area (Å²) in [5.41, 5.74) is 8.16. The van der Waals surface area contributed by atoms with Gasteiger partial charge in [-0.3, -0.25) is 14.5 Å². The number of benzene rings is 2. The number of amides is 2. The minimum Gasteiger partial charge on any atom is -0.472 e. The Morgan fingerprint density at radius 2 is 1.80 bits per heavy atom. The van der Waals surface area contributed by atoms with Crippen LogP contribution in [-0.2, 0) is 9.59 Å². The number of carbonyl (C=O) groups excluding carboxylic acids is 2. The predicted octanol–water partition coefficient (Wildman–Crippen LogP) is 3.47. The van der Waals surface area contributed by atoms with Crippen LogP contribution in [0.2, 0.25) is 0 Å². The van der Waals surface area contributed by atoms with Gasteiger partial charge in [-0.15, -0.1) is 0 Å². The van der Waals surface area contributed by atoms with Crippen LogP contribution in [0.5, 0.6) is 5.75 Å². The molecule has 2 atom stereocenters. The molecular formula is C23H22N4O3. The number of rotatable bonds is 4. The van der Waals surface area contributed by atoms with Crippen molar-refractivity contribution < 1.29 is 14.3 Å². The number of fused-ring (bicyclic) bond motifs is 1. The molecule has 0 fully saturated rings. The monoisotopic (exact) mass is 402 g/mol. The van der Waals surface area contributed by atoms with Crippen LogP contribution in [0.3, 0.4) is 0 Å². The molecule has 1 aromatic heterocycles. The summed E-state index contributed by atoms with van der Waals surface area (Å²) in [6, 6.07) is 19.1. The van der Waals surface area contributed by atoms with Crippen molar-refractivity contribution in [3.63, 3.8) is 0 Å². The average molecular weight is 402 g/mol. The first kappa shape index (κ1) is 19.4. The van der Waals surface area contributed by atoms with Gasteiger partial charge in [-0.1, -0.05) is 48.5 Å². The lowest BCUT2D eigenvalue weighted by molar-refractivity contribution is -0.129. The second-order valence-electron chi connectivity index (χ2n) is 7.15. The van der Waals surface area contributed by atoms with Gasteiger partial charge >= 0.3 is 0 Å². The number of aryl methyl sites for hydroxylation is 1. The third-order valence-electron chi connectivity index (χ3n) is 5.07. The Balaban J connectivity index is 1.70. The lowest BCUT2D eigenvalue weighted by Gasteiger charge is -2.36. The average Bonchev–Trinajstić information content (AvgIpc) is 2.75. The minimum atomic E-state index is -0.877. The molecule has 7 heteroatoms. The van der Waals surface area contributed by atoms with Gasteiger partial charge in [0.2, 0.25) is 12.0 Å². The smallest absolute Gasteiger partial charge is 0.274 e. The van der Waals surface area contributed by atoms with Crippen LogP contribution >= 0.6 is 0 Å². The van der Waals surface area contributed by atoms with Gasteiger partial charge < -0.3 is 15.8 Å². The lowest BCUT2D eigenvalue weighted by atomic mass is 10.0. The lowest BCUT2D eigenvalue weighted by Crippen LogP contribution is -2.51. The standard InChI is InChI=1S/C23H22N4O3/c1-14-8-6-7-11-17(14)25-22(28)15(2)27-21-18(12-13-19(24)26-21)30-20(23(27)29)16-9-4-3-5-10-16/h3-13,15,20H,1-2H3,(H2,24,26)(H,25,28). The first-order valence-corrected chi connectivity index (χ1v) is 9.63. The molecule has 0 radical (unpaired) electrons. The summed E-state index contributed by atoms with van der Waals surface area (Å²) in [6.45, 7) is 3.57. The van der Waals surface area contributed by atoms with Crippen LogP contribution in [-0.4, -0.2) is 22.8 Å². The molecule has 2 amide bonds. The normalized spacial score (nSPS) is 16.4. The van der Waals surface area contributed by atoms with Crippen molar-refractivity contribution in [1.29, 1.82) is 0 Å². The molecule has 0 saturated carbocycles. The van der Waals surface area contributed by atoms with Crippen LogP contribution in [0.15, 0.2) is 66.7 Å². The van der Waals surface area contributed by atoms with Crippen molar-refractivity contribution in [2.45, 2.75) is 26.0 Å². The van der Waals surface area contributed by atoms with E-state index >= 15 is 0 Å². The zero-order chi connectivity index (χ0) is 21.3. The van der Waals surface area contributed by atoms with Crippen LogP contribution in [0.4, 0.5) is 17.3 Å². The molecule has 152 valence electrons. The van der Waals surface area contributed by atoms with Gasteiger partial charge in [-0.2, -0.15) is 0 Å². The molecule has 2 aromatic carbocycles. The zero-order valence-electron chi connectivity index (χ0n) is 16.7. The summed E-state index contributed by atoms with van der Waals surface area (Å²) in [5, 5.41) is 2.90. The SMILES string of the molecule is Cc1ccccc1NC(=O)C(C)N1C(=O)C(c2ccccc2)Oc2ccc(N)nc21. The maximum Gasteiger partial charge on any atom is 0.274 e. The third kappa shape index (κ3) is 3.57. The number of nitrogens with one attached hydrogen (secondary N) is 1. The van der Waals surface area contributed by atoms with Crippen molar-refractivity contribution in [3.05, 3.63) is 77.9 Å². The molecule has 0 saturated heterocycles. The second kappa shape index (κ2) is 7.87. The first-order valence-electron chi connectivity index (χ1n) is 9.63. The molecule has 4 rings (SSSR count). The number of aromatic nitrogens is 1. The Labute approximate surface area is 174 Å². The highest BCUT2D eigenvalue weighted by molar-refractivity contribution is 6.07. The van der Waals surface area contributed by atoms with E-state index in [1.54, 1.807) is 19.1 Å². The summed E-state index contributed by atoms with van der Waals surface area (Å²) >= 11 is 0. The van der Waals surface area contributed by atoms with E-state index in [4.69, 9.17) is 10.5 Å². The van der Waals surface area contributed by atoms with Crippen molar-refractivity contribution in [3.8, 4) is 5.75 Å². The van der Waals surface area contributed by atoms with Crippen LogP contribution in [0.1, 0.15) is 24.2 Å². The predicted molar refractivity (Wildman–Crippen MR) is 115 cm³/mol. The molecule has 7 nitrogen and oxygen atoms in total. The number of anilines is 3. The molecule has 0 aliphatic carbocycles. The number of ether oxygens (including phenoxy) is 1. The Hall–Kier alpha value is -3.87. The Morgan fingerprint density at radius 1 is 1.10 bits per heavy atom. The van der Waals surface area contributed by atoms with E-state index in [0.717, 1.165) is 5.56 Å². The molecule has 2 unspecified atom stereocenters. The van der Waals surface area contributed by atoms with Gasteiger partial charge in [0.1, 0.15) is 11.9 Å². The summed E-state index contributed by atoms with van der Waals surface area (Å²) in [7, 11) is 0. The molecule has 0 spiro atoms. The minimum absolute atomic E-state index is 0.236. The van der Waals surface area contributed by atoms with Gasteiger partial charge in [0.05, 0.1) is 0 Å². The highest BCUT2D eigenvalue weighted by atomic mass is 16.5. The molecule has 30 heavy (non-hydrogen) atoms. The fourth-order valence-electron chi connectivity index (χ4n) is 3.40. The van der Waals surface area contributed by atoms with Crippen LogP contribution < -0.4 is 20.7 Å². The summed E-state index contributed by atoms with van der Waals surface area (Å²) in [6.07, 6.45) is -0.877. The number of nitrogens with two attached hydrogens (primary N) is 1. The molecular weight excluding hydrogens is 380 g/mol. The van der Waals surface area contributed by atoms with E-state index in [0.29, 0.717) is 17.0 Å². The highest BCUT2D eigenvalue weighted by Gasteiger charge is 2.41. The van der Waals surface area contributed by atoms with Crippen molar-refractivity contribution in [2.75, 3.05) is 16.0 Å². The quantitative estimate of drug-likeness (QED) is 0.696. The van der Waals surface area contributed by atoms with Gasteiger partial charge in [0.15, 0.2) is 11.6 Å². The number of nitrogens with zero attached hydrogens (tertiary/aromatic N) is 2. The summed E-state index contributed by atoms with van der Waals surface area (Å²) < 4.78 is 5.94. The Bertz CT molecular complexity index is 1100. The fourth-order valence-corrected chi connectivity index (χ4v) is 3.40. The third-order valence-corrected chi connectivity index (χ3v) is 5.07.